The van der Waals surface area contributed by atoms with E-state index in [4.69, 9.17) is 0 Å². The first-order valence-corrected chi connectivity index (χ1v) is 7.47. The number of hydrogen-bond donors (Lipinski definition) is 2. The molecular formula is C13H23NO6S. The molecular weight excluding hydrogens is 298 g/mol. The van der Waals surface area contributed by atoms with E-state index >= 15 is 0 Å². The molecule has 0 aromatic rings. The monoisotopic (exact) mass is 321 g/mol. The number of esters is 2. The second kappa shape index (κ2) is 9.62. The van der Waals surface area contributed by atoms with Crippen LogP contribution in [0.4, 0.5) is 0 Å². The Morgan fingerprint density at radius 3 is 2.14 bits per heavy atom. The third-order valence-corrected chi connectivity index (χ3v) is 4.24. The second-order valence-corrected chi connectivity index (χ2v) is 6.58. The van der Waals surface area contributed by atoms with Gasteiger partial charge in [0.15, 0.2) is 0 Å². The zero-order valence-corrected chi connectivity index (χ0v) is 13.6. The van der Waals surface area contributed by atoms with E-state index in [9.17, 15) is 19.5 Å². The van der Waals surface area contributed by atoms with Gasteiger partial charge in [-0.1, -0.05) is 0 Å². The van der Waals surface area contributed by atoms with Crippen LogP contribution >= 0.6 is 11.8 Å². The van der Waals surface area contributed by atoms with Crippen LogP contribution in [0, 0.1) is 0 Å². The van der Waals surface area contributed by atoms with Gasteiger partial charge in [0.1, 0.15) is 6.04 Å². The number of carbonyl (C=O) groups is 3. The Hall–Kier alpha value is -1.28. The average molecular weight is 321 g/mol. The van der Waals surface area contributed by atoms with E-state index < -0.39 is 22.7 Å². The van der Waals surface area contributed by atoms with E-state index in [1.165, 1.54) is 26.0 Å². The van der Waals surface area contributed by atoms with Gasteiger partial charge in [-0.3, -0.25) is 14.4 Å². The molecule has 0 bridgehead atoms. The molecule has 8 heteroatoms. The van der Waals surface area contributed by atoms with Crippen molar-refractivity contribution in [2.45, 2.75) is 37.5 Å². The standard InChI is InChI=1S/C13H23NO6S/c1-13(2,21-8-6-10(16)20-4)11(12(17)18)14-7-5-9(15)19-3/h11,14H,5-8H2,1-4H3,(H,17,18)/t11-/m0/s1. The van der Waals surface area contributed by atoms with Crippen LogP contribution in [0.1, 0.15) is 26.7 Å². The highest BCUT2D eigenvalue weighted by molar-refractivity contribution is 8.00. The Morgan fingerprint density at radius 2 is 1.67 bits per heavy atom. The first-order valence-electron chi connectivity index (χ1n) is 6.48. The highest BCUT2D eigenvalue weighted by atomic mass is 32.2. The third kappa shape index (κ3) is 7.91. The highest BCUT2D eigenvalue weighted by Gasteiger charge is 2.35. The van der Waals surface area contributed by atoms with Crippen LogP contribution in [0.3, 0.4) is 0 Å². The number of methoxy groups -OCH3 is 2. The topological polar surface area (TPSA) is 102 Å². The van der Waals surface area contributed by atoms with Gasteiger partial charge in [-0.25, -0.2) is 0 Å². The number of aliphatic carboxylic acids is 1. The van der Waals surface area contributed by atoms with Crippen molar-refractivity contribution in [1.82, 2.24) is 5.32 Å². The van der Waals surface area contributed by atoms with E-state index in [1.54, 1.807) is 13.8 Å². The molecule has 0 saturated heterocycles. The summed E-state index contributed by atoms with van der Waals surface area (Å²) in [4.78, 5) is 33.5. The molecule has 122 valence electrons. The predicted octanol–water partition coefficient (Wildman–Crippen LogP) is 0.667. The summed E-state index contributed by atoms with van der Waals surface area (Å²) in [6, 6.07) is -0.843. The Labute approximate surface area is 128 Å². The molecule has 0 aromatic carbocycles. The van der Waals surface area contributed by atoms with Crippen LogP contribution in [-0.2, 0) is 23.9 Å². The summed E-state index contributed by atoms with van der Waals surface area (Å²) < 4.78 is 8.40. The van der Waals surface area contributed by atoms with Gasteiger partial charge in [0.25, 0.3) is 0 Å². The third-order valence-electron chi connectivity index (χ3n) is 2.86. The SMILES string of the molecule is COC(=O)CCN[C@@H](C(=O)O)C(C)(C)SCCC(=O)OC. The lowest BCUT2D eigenvalue weighted by Crippen LogP contribution is -2.51. The predicted molar refractivity (Wildman–Crippen MR) is 79.2 cm³/mol. The van der Waals surface area contributed by atoms with E-state index in [2.05, 4.69) is 14.8 Å². The van der Waals surface area contributed by atoms with Gasteiger partial charge in [0, 0.05) is 17.0 Å². The maximum atomic E-state index is 11.4. The lowest BCUT2D eigenvalue weighted by molar-refractivity contribution is -0.142. The minimum atomic E-state index is -1.00. The molecule has 0 aliphatic rings. The van der Waals surface area contributed by atoms with E-state index in [1.807, 2.05) is 0 Å². The van der Waals surface area contributed by atoms with Crippen LogP contribution in [0.15, 0.2) is 0 Å². The number of ether oxygens (including phenoxy) is 2. The summed E-state index contributed by atoms with van der Waals surface area (Å²) in [5.41, 5.74) is 0. The number of rotatable bonds is 10. The number of carboxylic acids is 1. The van der Waals surface area contributed by atoms with E-state index in [0.717, 1.165) is 0 Å². The lowest BCUT2D eigenvalue weighted by Gasteiger charge is -2.31. The van der Waals surface area contributed by atoms with Gasteiger partial charge in [-0.05, 0) is 13.8 Å². The van der Waals surface area contributed by atoms with Gasteiger partial charge in [-0.2, -0.15) is 11.8 Å². The molecule has 0 saturated carbocycles. The lowest BCUT2D eigenvalue weighted by atomic mass is 10.0. The van der Waals surface area contributed by atoms with E-state index in [0.29, 0.717) is 5.75 Å². The smallest absolute Gasteiger partial charge is 0.322 e. The van der Waals surface area contributed by atoms with Gasteiger partial charge in [0.2, 0.25) is 0 Å². The van der Waals surface area contributed by atoms with Crippen LogP contribution in [0.2, 0.25) is 0 Å². The number of hydrogen-bond acceptors (Lipinski definition) is 7. The zero-order valence-electron chi connectivity index (χ0n) is 12.8. The molecule has 0 aromatic heterocycles. The largest absolute Gasteiger partial charge is 0.480 e. The molecule has 0 heterocycles. The molecule has 0 amide bonds. The summed E-state index contributed by atoms with van der Waals surface area (Å²) in [5.74, 6) is -1.27. The molecule has 0 rings (SSSR count). The van der Waals surface area contributed by atoms with Crippen molar-refractivity contribution in [3.63, 3.8) is 0 Å². The maximum absolute atomic E-state index is 11.4. The molecule has 0 radical (unpaired) electrons. The van der Waals surface area contributed by atoms with Crippen LogP contribution in [-0.4, -0.2) is 60.3 Å². The average Bonchev–Trinajstić information content (AvgIpc) is 2.41. The van der Waals surface area contributed by atoms with Gasteiger partial charge >= 0.3 is 17.9 Å². The van der Waals surface area contributed by atoms with Crippen molar-refractivity contribution in [2.24, 2.45) is 0 Å². The fourth-order valence-electron chi connectivity index (χ4n) is 1.63. The van der Waals surface area contributed by atoms with Crippen molar-refractivity contribution in [3.8, 4) is 0 Å². The van der Waals surface area contributed by atoms with Crippen molar-refractivity contribution in [1.29, 1.82) is 0 Å². The molecule has 0 spiro atoms. The zero-order chi connectivity index (χ0) is 16.5. The minimum absolute atomic E-state index is 0.100. The van der Waals surface area contributed by atoms with Crippen molar-refractivity contribution >= 4 is 29.7 Å². The van der Waals surface area contributed by atoms with Gasteiger partial charge in [-0.15, -0.1) is 0 Å². The number of thioether (sulfide) groups is 1. The highest BCUT2D eigenvalue weighted by Crippen LogP contribution is 2.29. The Balaban J connectivity index is 4.43. The first kappa shape index (κ1) is 19.7. The molecule has 0 unspecified atom stereocenters. The number of carboxylic acid groups (broad SMARTS) is 1. The van der Waals surface area contributed by atoms with Crippen molar-refractivity contribution in [3.05, 3.63) is 0 Å². The molecule has 7 nitrogen and oxygen atoms in total. The quantitative estimate of drug-likeness (QED) is 0.566. The normalized spacial score (nSPS) is 12.6. The number of carbonyl (C=O) groups excluding carboxylic acids is 2. The molecule has 21 heavy (non-hydrogen) atoms. The first-order chi connectivity index (χ1) is 9.74. The second-order valence-electron chi connectivity index (χ2n) is 4.83. The van der Waals surface area contributed by atoms with Crippen molar-refractivity contribution in [2.75, 3.05) is 26.5 Å². The van der Waals surface area contributed by atoms with Crippen LogP contribution in [0.5, 0.6) is 0 Å². The summed E-state index contributed by atoms with van der Waals surface area (Å²) >= 11 is 1.36. The molecule has 1 atom stereocenters. The molecule has 0 fully saturated rings. The maximum Gasteiger partial charge on any atom is 0.322 e. The Kier molecular flexibility index (Phi) is 9.03. The van der Waals surface area contributed by atoms with Crippen molar-refractivity contribution < 1.29 is 29.0 Å². The van der Waals surface area contributed by atoms with Crippen LogP contribution < -0.4 is 5.32 Å². The minimum Gasteiger partial charge on any atom is -0.480 e. The fourth-order valence-corrected chi connectivity index (χ4v) is 2.78. The Morgan fingerprint density at radius 1 is 1.14 bits per heavy atom. The molecule has 0 aliphatic carbocycles. The van der Waals surface area contributed by atoms with E-state index in [-0.39, 0.29) is 25.4 Å². The summed E-state index contributed by atoms with van der Waals surface area (Å²) in [7, 11) is 2.59. The van der Waals surface area contributed by atoms with Crippen LogP contribution in [0.25, 0.3) is 0 Å². The Bertz CT molecular complexity index is 372. The van der Waals surface area contributed by atoms with Gasteiger partial charge in [0.05, 0.1) is 27.1 Å². The van der Waals surface area contributed by atoms with Gasteiger partial charge < -0.3 is 19.9 Å². The number of nitrogens with one attached hydrogen (secondary N) is 1. The summed E-state index contributed by atoms with van der Waals surface area (Å²) in [6.45, 7) is 3.77. The fraction of sp³-hybridized carbons (Fsp3) is 0.769. The molecule has 0 aliphatic heterocycles. The summed E-state index contributed by atoms with van der Waals surface area (Å²) in [5, 5.41) is 12.1. The molecule has 2 N–H and O–H groups in total. The summed E-state index contributed by atoms with van der Waals surface area (Å²) in [6.07, 6.45) is 0.322.